The number of nitrogens with one attached hydrogen (secondary N) is 1. The van der Waals surface area contributed by atoms with Crippen LogP contribution in [0.15, 0.2) is 24.3 Å². The van der Waals surface area contributed by atoms with Crippen LogP contribution in [0.5, 0.6) is 0 Å². The van der Waals surface area contributed by atoms with Crippen LogP contribution in [0.4, 0.5) is 4.39 Å². The van der Waals surface area contributed by atoms with Gasteiger partial charge in [-0.2, -0.15) is 0 Å². The van der Waals surface area contributed by atoms with Gasteiger partial charge in [0.1, 0.15) is 5.82 Å². The first-order valence-electron chi connectivity index (χ1n) is 6.85. The van der Waals surface area contributed by atoms with Gasteiger partial charge in [-0.25, -0.2) is 4.39 Å². The van der Waals surface area contributed by atoms with E-state index in [9.17, 15) is 14.3 Å². The molecule has 3 N–H and O–H groups in total. The number of aliphatic carboxylic acids is 1. The van der Waals surface area contributed by atoms with Gasteiger partial charge in [0, 0.05) is 23.1 Å². The van der Waals surface area contributed by atoms with Gasteiger partial charge in [0.15, 0.2) is 0 Å². The number of hydrogen-bond acceptors (Lipinski definition) is 3. The van der Waals surface area contributed by atoms with Crippen LogP contribution in [0.25, 0.3) is 10.9 Å². The number of aromatic nitrogens is 1. The Kier molecular flexibility index (Phi) is 3.43. The fraction of sp³-hybridized carbons (Fsp3) is 0.400. The smallest absolute Gasteiger partial charge is 0.310 e. The minimum atomic E-state index is -0.990. The first-order valence-corrected chi connectivity index (χ1v) is 6.85. The zero-order valence-electron chi connectivity index (χ0n) is 11.6. The molecule has 2 aromatic rings. The number of aliphatic hydroxyl groups excluding tert-OH is 1. The molecule has 1 aliphatic heterocycles. The summed E-state index contributed by atoms with van der Waals surface area (Å²) in [6.07, 6.45) is -0.595. The Morgan fingerprint density at radius 1 is 1.48 bits per heavy atom. The average molecular weight is 292 g/mol. The molecular formula is C15H17FN2O3. The van der Waals surface area contributed by atoms with E-state index in [-0.39, 0.29) is 18.4 Å². The molecule has 0 amide bonds. The molecule has 0 bridgehead atoms. The quantitative estimate of drug-likeness (QED) is 0.788. The molecule has 3 atom stereocenters. The van der Waals surface area contributed by atoms with Gasteiger partial charge >= 0.3 is 5.97 Å². The van der Waals surface area contributed by atoms with Crippen molar-refractivity contribution < 1.29 is 19.4 Å². The maximum absolute atomic E-state index is 13.7. The highest BCUT2D eigenvalue weighted by molar-refractivity contribution is 5.81. The third kappa shape index (κ3) is 2.41. The summed E-state index contributed by atoms with van der Waals surface area (Å²) >= 11 is 0. The monoisotopic (exact) mass is 292 g/mol. The fourth-order valence-electron chi connectivity index (χ4n) is 3.06. The molecule has 0 aliphatic carbocycles. The van der Waals surface area contributed by atoms with E-state index in [0.717, 1.165) is 5.69 Å². The molecule has 1 aromatic heterocycles. The lowest BCUT2D eigenvalue weighted by Crippen LogP contribution is -2.46. The molecule has 21 heavy (non-hydrogen) atoms. The zero-order chi connectivity index (χ0) is 15.1. The molecule has 6 heteroatoms. The Balaban J connectivity index is 1.92. The van der Waals surface area contributed by atoms with Crippen molar-refractivity contribution in [3.8, 4) is 0 Å². The van der Waals surface area contributed by atoms with E-state index in [1.807, 2.05) is 11.9 Å². The summed E-state index contributed by atoms with van der Waals surface area (Å²) in [5.41, 5.74) is 1.49. The molecular weight excluding hydrogens is 275 g/mol. The second-order valence-electron chi connectivity index (χ2n) is 5.63. The summed E-state index contributed by atoms with van der Waals surface area (Å²) in [7, 11) is 1.81. The molecule has 112 valence electrons. The number of carbonyl (C=O) groups is 1. The van der Waals surface area contributed by atoms with Gasteiger partial charge < -0.3 is 15.2 Å². The van der Waals surface area contributed by atoms with Crippen LogP contribution in [-0.2, 0) is 4.79 Å². The van der Waals surface area contributed by atoms with Gasteiger partial charge in [0.2, 0.25) is 0 Å². The predicted molar refractivity (Wildman–Crippen MR) is 75.4 cm³/mol. The number of benzene rings is 1. The normalized spacial score (nSPS) is 27.1. The van der Waals surface area contributed by atoms with Gasteiger partial charge in [0.25, 0.3) is 0 Å². The number of halogens is 1. The van der Waals surface area contributed by atoms with E-state index in [2.05, 4.69) is 4.98 Å². The third-order valence-electron chi connectivity index (χ3n) is 4.25. The van der Waals surface area contributed by atoms with Crippen molar-refractivity contribution in [2.75, 3.05) is 13.6 Å². The lowest BCUT2D eigenvalue weighted by Gasteiger charge is -2.38. The number of piperidine rings is 1. The summed E-state index contributed by atoms with van der Waals surface area (Å²) < 4.78 is 13.7. The van der Waals surface area contributed by atoms with E-state index >= 15 is 0 Å². The van der Waals surface area contributed by atoms with Gasteiger partial charge in [-0.05, 0) is 31.7 Å². The van der Waals surface area contributed by atoms with Crippen molar-refractivity contribution in [3.05, 3.63) is 35.8 Å². The summed E-state index contributed by atoms with van der Waals surface area (Å²) in [5, 5.41) is 19.6. The number of rotatable bonds is 2. The maximum atomic E-state index is 13.7. The standard InChI is InChI=1S/C15H17FN2O3/c1-18-7-9(15(20)21)14(19)6-13(18)12-5-8-10(16)3-2-4-11(8)17-12/h2-5,9,13-14,17,19H,6-7H2,1H3,(H,20,21). The molecule has 1 fully saturated rings. The molecule has 0 spiro atoms. The number of aromatic amines is 1. The Morgan fingerprint density at radius 2 is 2.24 bits per heavy atom. The van der Waals surface area contributed by atoms with Crippen LogP contribution in [-0.4, -0.2) is 45.8 Å². The SMILES string of the molecule is CN1CC(C(=O)O)C(O)CC1c1cc2c(F)cccc2[nH]1. The number of carboxylic acid groups (broad SMARTS) is 1. The minimum absolute atomic E-state index is 0.151. The Bertz CT molecular complexity index is 685. The van der Waals surface area contributed by atoms with E-state index in [0.29, 0.717) is 17.3 Å². The molecule has 3 rings (SSSR count). The second kappa shape index (κ2) is 5.13. The number of nitrogens with zero attached hydrogens (tertiary/aromatic N) is 1. The Morgan fingerprint density at radius 3 is 2.90 bits per heavy atom. The average Bonchev–Trinajstić information content (AvgIpc) is 2.86. The maximum Gasteiger partial charge on any atom is 0.310 e. The lowest BCUT2D eigenvalue weighted by atomic mass is 9.89. The third-order valence-corrected chi connectivity index (χ3v) is 4.25. The van der Waals surface area contributed by atoms with Gasteiger partial charge in [-0.1, -0.05) is 6.07 Å². The van der Waals surface area contributed by atoms with E-state index in [1.165, 1.54) is 6.07 Å². The van der Waals surface area contributed by atoms with Gasteiger partial charge in [-0.15, -0.1) is 0 Å². The second-order valence-corrected chi connectivity index (χ2v) is 5.63. The first-order chi connectivity index (χ1) is 9.97. The molecule has 1 saturated heterocycles. The first kappa shape index (κ1) is 14.0. The number of H-pyrrole nitrogens is 1. The van der Waals surface area contributed by atoms with Crippen LogP contribution < -0.4 is 0 Å². The van der Waals surface area contributed by atoms with Crippen molar-refractivity contribution >= 4 is 16.9 Å². The molecule has 1 aliphatic rings. The summed E-state index contributed by atoms with van der Waals surface area (Å²) in [4.78, 5) is 16.1. The highest BCUT2D eigenvalue weighted by atomic mass is 19.1. The van der Waals surface area contributed by atoms with E-state index < -0.39 is 18.0 Å². The summed E-state index contributed by atoms with van der Waals surface area (Å²) in [6.45, 7) is 0.263. The number of aliphatic hydroxyl groups is 1. The van der Waals surface area contributed by atoms with Crippen LogP contribution in [0.1, 0.15) is 18.2 Å². The lowest BCUT2D eigenvalue weighted by molar-refractivity contribution is -0.150. The fourth-order valence-corrected chi connectivity index (χ4v) is 3.06. The van der Waals surface area contributed by atoms with Crippen LogP contribution in [0.2, 0.25) is 0 Å². The van der Waals surface area contributed by atoms with Crippen LogP contribution >= 0.6 is 0 Å². The van der Waals surface area contributed by atoms with Crippen LogP contribution in [0.3, 0.4) is 0 Å². The number of fused-ring (bicyclic) bond motifs is 1. The Hall–Kier alpha value is -1.92. The number of hydrogen-bond donors (Lipinski definition) is 3. The van der Waals surface area contributed by atoms with Gasteiger partial charge in [-0.3, -0.25) is 9.69 Å². The molecule has 1 aromatic carbocycles. The number of carboxylic acids is 1. The van der Waals surface area contributed by atoms with Crippen molar-refractivity contribution in [2.24, 2.45) is 5.92 Å². The largest absolute Gasteiger partial charge is 0.481 e. The summed E-state index contributed by atoms with van der Waals surface area (Å²) in [5.74, 6) is -2.07. The van der Waals surface area contributed by atoms with Gasteiger partial charge in [0.05, 0.1) is 18.1 Å². The van der Waals surface area contributed by atoms with Crippen LogP contribution in [0, 0.1) is 11.7 Å². The Labute approximate surface area is 121 Å². The van der Waals surface area contributed by atoms with E-state index in [1.54, 1.807) is 18.2 Å². The molecule has 0 saturated carbocycles. The van der Waals surface area contributed by atoms with Crippen molar-refractivity contribution in [2.45, 2.75) is 18.6 Å². The summed E-state index contributed by atoms with van der Waals surface area (Å²) in [6, 6.07) is 6.42. The van der Waals surface area contributed by atoms with Crippen molar-refractivity contribution in [1.29, 1.82) is 0 Å². The highest BCUT2D eigenvalue weighted by Crippen LogP contribution is 2.34. The highest BCUT2D eigenvalue weighted by Gasteiger charge is 2.38. The van der Waals surface area contributed by atoms with Crippen molar-refractivity contribution in [1.82, 2.24) is 9.88 Å². The molecule has 2 heterocycles. The molecule has 0 radical (unpaired) electrons. The minimum Gasteiger partial charge on any atom is -0.481 e. The molecule has 5 nitrogen and oxygen atoms in total. The molecule has 3 unspecified atom stereocenters. The zero-order valence-corrected chi connectivity index (χ0v) is 11.6. The topological polar surface area (TPSA) is 76.6 Å². The number of likely N-dealkylation sites (tertiary alicyclic amines) is 1. The predicted octanol–water partition coefficient (Wildman–Crippen LogP) is 1.75. The van der Waals surface area contributed by atoms with Crippen molar-refractivity contribution in [3.63, 3.8) is 0 Å². The van der Waals surface area contributed by atoms with E-state index in [4.69, 9.17) is 5.11 Å².